The SMILES string of the molecule is Cc1cc(Cl)ccc1NC(=O)c1cncc(N(C)C2CCS(=O)(=O)C2)c1. The number of hydrogen-bond acceptors (Lipinski definition) is 5. The van der Waals surface area contributed by atoms with Gasteiger partial charge in [0.1, 0.15) is 0 Å². The summed E-state index contributed by atoms with van der Waals surface area (Å²) in [7, 11) is -1.15. The number of benzene rings is 1. The molecule has 2 heterocycles. The molecule has 1 fully saturated rings. The number of nitrogens with one attached hydrogen (secondary N) is 1. The van der Waals surface area contributed by atoms with E-state index in [1.54, 1.807) is 30.5 Å². The summed E-state index contributed by atoms with van der Waals surface area (Å²) >= 11 is 5.94. The Balaban J connectivity index is 1.77. The van der Waals surface area contributed by atoms with Gasteiger partial charge in [-0.05, 0) is 43.2 Å². The van der Waals surface area contributed by atoms with Crippen LogP contribution in [-0.2, 0) is 9.84 Å². The molecule has 0 radical (unpaired) electrons. The number of carbonyl (C=O) groups is 1. The lowest BCUT2D eigenvalue weighted by Crippen LogP contribution is -2.32. The number of nitrogens with zero attached hydrogens (tertiary/aromatic N) is 2. The monoisotopic (exact) mass is 393 g/mol. The van der Waals surface area contributed by atoms with Crippen molar-refractivity contribution in [3.63, 3.8) is 0 Å². The summed E-state index contributed by atoms with van der Waals surface area (Å²) in [5, 5.41) is 3.46. The van der Waals surface area contributed by atoms with Crippen molar-refractivity contribution in [1.29, 1.82) is 0 Å². The number of amides is 1. The molecule has 26 heavy (non-hydrogen) atoms. The average Bonchev–Trinajstić information content (AvgIpc) is 2.96. The van der Waals surface area contributed by atoms with E-state index in [0.717, 1.165) is 5.56 Å². The van der Waals surface area contributed by atoms with Crippen LogP contribution >= 0.6 is 11.6 Å². The van der Waals surface area contributed by atoms with Gasteiger partial charge >= 0.3 is 0 Å². The minimum absolute atomic E-state index is 0.0985. The van der Waals surface area contributed by atoms with Gasteiger partial charge in [0.25, 0.3) is 5.91 Å². The molecule has 1 aromatic heterocycles. The van der Waals surface area contributed by atoms with Crippen LogP contribution in [0.3, 0.4) is 0 Å². The molecule has 6 nitrogen and oxygen atoms in total. The van der Waals surface area contributed by atoms with Crippen LogP contribution in [0.5, 0.6) is 0 Å². The molecular weight excluding hydrogens is 374 g/mol. The summed E-state index contributed by atoms with van der Waals surface area (Å²) in [6.07, 6.45) is 3.71. The molecule has 1 aliphatic heterocycles. The van der Waals surface area contributed by atoms with Crippen LogP contribution < -0.4 is 10.2 Å². The lowest BCUT2D eigenvalue weighted by Gasteiger charge is -2.25. The summed E-state index contributed by atoms with van der Waals surface area (Å²) in [6.45, 7) is 1.87. The Kier molecular flexibility index (Phi) is 5.20. The largest absolute Gasteiger partial charge is 0.369 e. The Morgan fingerprint density at radius 3 is 2.73 bits per heavy atom. The highest BCUT2D eigenvalue weighted by atomic mass is 35.5. The van der Waals surface area contributed by atoms with Gasteiger partial charge in [-0.1, -0.05) is 11.6 Å². The van der Waals surface area contributed by atoms with Crippen LogP contribution in [0.1, 0.15) is 22.3 Å². The van der Waals surface area contributed by atoms with E-state index in [-0.39, 0.29) is 23.5 Å². The number of halogens is 1. The van der Waals surface area contributed by atoms with E-state index >= 15 is 0 Å². The third kappa shape index (κ3) is 4.16. The first-order chi connectivity index (χ1) is 12.2. The number of rotatable bonds is 4. The van der Waals surface area contributed by atoms with Crippen LogP contribution in [0, 0.1) is 6.92 Å². The van der Waals surface area contributed by atoms with E-state index in [0.29, 0.717) is 28.4 Å². The van der Waals surface area contributed by atoms with E-state index in [1.165, 1.54) is 6.20 Å². The molecule has 1 saturated heterocycles. The highest BCUT2D eigenvalue weighted by Crippen LogP contribution is 2.24. The number of aromatic nitrogens is 1. The summed E-state index contributed by atoms with van der Waals surface area (Å²) in [5.74, 6) is 0.0484. The third-order valence-corrected chi connectivity index (χ3v) is 6.57. The first-order valence-electron chi connectivity index (χ1n) is 8.21. The molecule has 1 amide bonds. The summed E-state index contributed by atoms with van der Waals surface area (Å²) in [5.41, 5.74) is 2.67. The van der Waals surface area contributed by atoms with Crippen molar-refractivity contribution in [2.24, 2.45) is 0 Å². The molecule has 8 heteroatoms. The summed E-state index contributed by atoms with van der Waals surface area (Å²) in [6, 6.07) is 6.87. The Labute approximate surface area is 158 Å². The molecule has 2 aromatic rings. The van der Waals surface area contributed by atoms with E-state index in [9.17, 15) is 13.2 Å². The molecule has 3 rings (SSSR count). The first kappa shape index (κ1) is 18.7. The molecule has 0 aliphatic carbocycles. The van der Waals surface area contributed by atoms with Crippen LogP contribution in [0.25, 0.3) is 0 Å². The van der Waals surface area contributed by atoms with Crippen molar-refractivity contribution in [2.45, 2.75) is 19.4 Å². The Hall–Kier alpha value is -2.12. The summed E-state index contributed by atoms with van der Waals surface area (Å²) in [4.78, 5) is 18.6. The van der Waals surface area contributed by atoms with Crippen LogP contribution in [0.4, 0.5) is 11.4 Å². The first-order valence-corrected chi connectivity index (χ1v) is 10.4. The number of sulfone groups is 1. The highest BCUT2D eigenvalue weighted by molar-refractivity contribution is 7.91. The van der Waals surface area contributed by atoms with Gasteiger partial charge in [-0.2, -0.15) is 0 Å². The fourth-order valence-electron chi connectivity index (χ4n) is 3.00. The maximum atomic E-state index is 12.6. The highest BCUT2D eigenvalue weighted by Gasteiger charge is 2.31. The van der Waals surface area contributed by atoms with E-state index in [4.69, 9.17) is 11.6 Å². The van der Waals surface area contributed by atoms with Gasteiger partial charge in [0.15, 0.2) is 9.84 Å². The third-order valence-electron chi connectivity index (χ3n) is 4.59. The number of pyridine rings is 1. The minimum atomic E-state index is -2.98. The van der Waals surface area contributed by atoms with Crippen LogP contribution in [0.15, 0.2) is 36.7 Å². The van der Waals surface area contributed by atoms with Gasteiger partial charge < -0.3 is 10.2 Å². The van der Waals surface area contributed by atoms with E-state index in [2.05, 4.69) is 10.3 Å². The second kappa shape index (κ2) is 7.25. The van der Waals surface area contributed by atoms with Gasteiger partial charge in [-0.15, -0.1) is 0 Å². The molecule has 0 bridgehead atoms. The number of hydrogen-bond donors (Lipinski definition) is 1. The molecular formula is C18H20ClN3O3S. The fraction of sp³-hybridized carbons (Fsp3) is 0.333. The zero-order valence-electron chi connectivity index (χ0n) is 14.6. The predicted octanol–water partition coefficient (Wildman–Crippen LogP) is 2.92. The van der Waals surface area contributed by atoms with Crippen LogP contribution in [-0.4, -0.2) is 43.9 Å². The molecule has 0 saturated carbocycles. The van der Waals surface area contributed by atoms with Crippen molar-refractivity contribution >= 4 is 38.7 Å². The van der Waals surface area contributed by atoms with Gasteiger partial charge in [-0.25, -0.2) is 8.42 Å². The normalized spacial score (nSPS) is 18.5. The van der Waals surface area contributed by atoms with Gasteiger partial charge in [0, 0.05) is 30.0 Å². The van der Waals surface area contributed by atoms with E-state index < -0.39 is 9.84 Å². The quantitative estimate of drug-likeness (QED) is 0.863. The topological polar surface area (TPSA) is 79.4 Å². The Bertz CT molecular complexity index is 946. The van der Waals surface area contributed by atoms with Crippen molar-refractivity contribution in [3.8, 4) is 0 Å². The predicted molar refractivity (Wildman–Crippen MR) is 104 cm³/mol. The zero-order valence-corrected chi connectivity index (χ0v) is 16.1. The fourth-order valence-corrected chi connectivity index (χ4v) is 5.00. The maximum Gasteiger partial charge on any atom is 0.257 e. The van der Waals surface area contributed by atoms with E-state index in [1.807, 2.05) is 18.9 Å². The van der Waals surface area contributed by atoms with Crippen molar-refractivity contribution in [2.75, 3.05) is 28.8 Å². The average molecular weight is 394 g/mol. The number of anilines is 2. The second-order valence-corrected chi connectivity index (χ2v) is 9.18. The standard InChI is InChI=1S/C18H20ClN3O3S/c1-12-7-14(19)3-4-17(12)21-18(23)13-8-16(10-20-9-13)22(2)15-5-6-26(24,25)11-15/h3-4,7-10,15H,5-6,11H2,1-2H3,(H,21,23). The number of carbonyl (C=O) groups excluding carboxylic acids is 1. The second-order valence-electron chi connectivity index (χ2n) is 6.51. The molecule has 1 aromatic carbocycles. The van der Waals surface area contributed by atoms with Gasteiger partial charge in [-0.3, -0.25) is 9.78 Å². The van der Waals surface area contributed by atoms with Gasteiger partial charge in [0.05, 0.1) is 29.0 Å². The minimum Gasteiger partial charge on any atom is -0.369 e. The Morgan fingerprint density at radius 2 is 2.08 bits per heavy atom. The van der Waals surface area contributed by atoms with Crippen LogP contribution in [0.2, 0.25) is 5.02 Å². The van der Waals surface area contributed by atoms with Gasteiger partial charge in [0.2, 0.25) is 0 Å². The molecule has 1 N–H and O–H groups in total. The molecule has 0 spiro atoms. The molecule has 1 unspecified atom stereocenters. The molecule has 138 valence electrons. The lowest BCUT2D eigenvalue weighted by atomic mass is 10.1. The number of aryl methyl sites for hydroxylation is 1. The molecule has 1 aliphatic rings. The zero-order chi connectivity index (χ0) is 18.9. The lowest BCUT2D eigenvalue weighted by molar-refractivity contribution is 0.102. The smallest absolute Gasteiger partial charge is 0.257 e. The molecule has 1 atom stereocenters. The summed E-state index contributed by atoms with van der Waals surface area (Å²) < 4.78 is 23.4. The van der Waals surface area contributed by atoms with Crippen molar-refractivity contribution in [3.05, 3.63) is 52.8 Å². The van der Waals surface area contributed by atoms with Crippen molar-refractivity contribution < 1.29 is 13.2 Å². The Morgan fingerprint density at radius 1 is 1.31 bits per heavy atom. The van der Waals surface area contributed by atoms with Crippen molar-refractivity contribution in [1.82, 2.24) is 4.98 Å². The maximum absolute atomic E-state index is 12.6.